The molecule has 0 unspecified atom stereocenters. The van der Waals surface area contributed by atoms with Crippen molar-refractivity contribution in [2.24, 2.45) is 0 Å². The van der Waals surface area contributed by atoms with Crippen molar-refractivity contribution in [1.29, 1.82) is 0 Å². The van der Waals surface area contributed by atoms with Crippen LogP contribution in [0.4, 0.5) is 0 Å². The van der Waals surface area contributed by atoms with E-state index in [-0.39, 0.29) is 16.5 Å². The second kappa shape index (κ2) is 5.42. The zero-order valence-electron chi connectivity index (χ0n) is 11.9. The number of sulfonamides is 1. The zero-order chi connectivity index (χ0) is 15.8. The molecule has 2 rings (SSSR count). The van der Waals surface area contributed by atoms with Gasteiger partial charge in [-0.1, -0.05) is 0 Å². The molecule has 0 aliphatic heterocycles. The van der Waals surface area contributed by atoms with Gasteiger partial charge in [0.25, 0.3) is 0 Å². The number of rotatable bonds is 4. The van der Waals surface area contributed by atoms with Crippen molar-refractivity contribution in [2.45, 2.75) is 31.7 Å². The molecule has 0 fully saturated rings. The molecule has 1 aromatic heterocycles. The van der Waals surface area contributed by atoms with Gasteiger partial charge in [0.05, 0.1) is 16.0 Å². The highest BCUT2D eigenvalue weighted by Crippen LogP contribution is 2.22. The van der Waals surface area contributed by atoms with E-state index >= 15 is 0 Å². The van der Waals surface area contributed by atoms with Crippen molar-refractivity contribution in [3.63, 3.8) is 0 Å². The summed E-state index contributed by atoms with van der Waals surface area (Å²) < 4.78 is 26.8. The summed E-state index contributed by atoms with van der Waals surface area (Å²) in [5.74, 6) is -1.11. The Bertz CT molecular complexity index is 813. The number of carbonyl (C=O) groups is 1. The van der Waals surface area contributed by atoms with Crippen LogP contribution in [0.25, 0.3) is 10.9 Å². The average molecular weight is 308 g/mol. The number of carboxylic acids is 1. The molecule has 0 saturated carbocycles. The van der Waals surface area contributed by atoms with Gasteiger partial charge in [0.1, 0.15) is 0 Å². The number of benzene rings is 1. The van der Waals surface area contributed by atoms with Crippen LogP contribution in [-0.2, 0) is 10.0 Å². The molecule has 0 saturated heterocycles. The number of aromatic nitrogens is 1. The first-order valence-corrected chi connectivity index (χ1v) is 7.86. The molecule has 0 atom stereocenters. The van der Waals surface area contributed by atoms with Gasteiger partial charge in [0.2, 0.25) is 10.0 Å². The van der Waals surface area contributed by atoms with Crippen molar-refractivity contribution in [3.8, 4) is 0 Å². The van der Waals surface area contributed by atoms with Crippen LogP contribution in [0.5, 0.6) is 0 Å². The molecule has 1 heterocycles. The number of aromatic carboxylic acids is 1. The van der Waals surface area contributed by atoms with Crippen molar-refractivity contribution >= 4 is 26.9 Å². The first kappa shape index (κ1) is 15.4. The Morgan fingerprint density at radius 1 is 1.29 bits per heavy atom. The predicted molar refractivity (Wildman–Crippen MR) is 78.9 cm³/mol. The van der Waals surface area contributed by atoms with Crippen molar-refractivity contribution in [2.75, 3.05) is 0 Å². The summed E-state index contributed by atoms with van der Waals surface area (Å²) in [5.41, 5.74) is 1.06. The number of fused-ring (bicyclic) bond motifs is 1. The van der Waals surface area contributed by atoms with Crippen LogP contribution in [0, 0.1) is 6.92 Å². The number of hydrogen-bond acceptors (Lipinski definition) is 4. The fourth-order valence-electron chi connectivity index (χ4n) is 2.06. The largest absolute Gasteiger partial charge is 0.478 e. The van der Waals surface area contributed by atoms with E-state index in [2.05, 4.69) is 9.71 Å². The molecule has 21 heavy (non-hydrogen) atoms. The van der Waals surface area contributed by atoms with Crippen molar-refractivity contribution in [3.05, 3.63) is 35.5 Å². The van der Waals surface area contributed by atoms with Gasteiger partial charge in [-0.15, -0.1) is 0 Å². The van der Waals surface area contributed by atoms with Crippen LogP contribution in [0.2, 0.25) is 0 Å². The Hall–Kier alpha value is -1.99. The van der Waals surface area contributed by atoms with Gasteiger partial charge < -0.3 is 5.11 Å². The number of nitrogens with zero attached hydrogens (tertiary/aromatic N) is 1. The molecule has 0 spiro atoms. The number of nitrogens with one attached hydrogen (secondary N) is 1. The third kappa shape index (κ3) is 3.20. The first-order chi connectivity index (χ1) is 9.70. The lowest BCUT2D eigenvalue weighted by molar-refractivity contribution is 0.0699. The number of carboxylic acid groups (broad SMARTS) is 1. The van der Waals surface area contributed by atoms with Gasteiger partial charge in [-0.3, -0.25) is 4.98 Å². The van der Waals surface area contributed by atoms with E-state index in [0.29, 0.717) is 16.6 Å². The Labute approximate surface area is 122 Å². The number of pyridine rings is 1. The van der Waals surface area contributed by atoms with Crippen LogP contribution in [-0.4, -0.2) is 30.5 Å². The third-order valence-corrected chi connectivity index (χ3v) is 4.50. The molecule has 1 aromatic carbocycles. The van der Waals surface area contributed by atoms with Crippen LogP contribution < -0.4 is 4.72 Å². The minimum Gasteiger partial charge on any atom is -0.478 e. The molecule has 0 bridgehead atoms. The quantitative estimate of drug-likeness (QED) is 0.899. The van der Waals surface area contributed by atoms with E-state index in [4.69, 9.17) is 0 Å². The summed E-state index contributed by atoms with van der Waals surface area (Å²) in [5, 5.41) is 9.56. The van der Waals surface area contributed by atoms with Crippen LogP contribution in [0.1, 0.15) is 29.9 Å². The molecule has 0 amide bonds. The topological polar surface area (TPSA) is 96.4 Å². The van der Waals surface area contributed by atoms with Gasteiger partial charge >= 0.3 is 5.97 Å². The Morgan fingerprint density at radius 3 is 2.52 bits per heavy atom. The van der Waals surface area contributed by atoms with E-state index in [9.17, 15) is 18.3 Å². The highest BCUT2D eigenvalue weighted by atomic mass is 32.2. The lowest BCUT2D eigenvalue weighted by Gasteiger charge is -2.11. The molecular weight excluding hydrogens is 292 g/mol. The minimum absolute atomic E-state index is 0.0249. The highest BCUT2D eigenvalue weighted by Gasteiger charge is 2.18. The van der Waals surface area contributed by atoms with Gasteiger partial charge in [0, 0.05) is 17.1 Å². The van der Waals surface area contributed by atoms with Crippen LogP contribution >= 0.6 is 0 Å². The van der Waals surface area contributed by atoms with Gasteiger partial charge in [0.15, 0.2) is 0 Å². The maximum Gasteiger partial charge on any atom is 0.336 e. The monoisotopic (exact) mass is 308 g/mol. The second-order valence-electron chi connectivity index (χ2n) is 5.07. The summed E-state index contributed by atoms with van der Waals surface area (Å²) in [6, 6.07) is 5.46. The SMILES string of the molecule is Cc1cc(C(=O)O)c2cc(S(=O)(=O)NC(C)C)ccc2n1. The predicted octanol–water partition coefficient (Wildman–Crippen LogP) is 1.93. The number of hydrogen-bond donors (Lipinski definition) is 2. The third-order valence-electron chi connectivity index (χ3n) is 2.84. The minimum atomic E-state index is -3.67. The fourth-order valence-corrected chi connectivity index (χ4v) is 3.34. The van der Waals surface area contributed by atoms with Crippen molar-refractivity contribution in [1.82, 2.24) is 9.71 Å². The lowest BCUT2D eigenvalue weighted by Crippen LogP contribution is -2.30. The van der Waals surface area contributed by atoms with Crippen molar-refractivity contribution < 1.29 is 18.3 Å². The lowest BCUT2D eigenvalue weighted by atomic mass is 10.1. The Balaban J connectivity index is 2.69. The summed E-state index contributed by atoms with van der Waals surface area (Å²) >= 11 is 0. The molecule has 0 aliphatic rings. The molecule has 2 N–H and O–H groups in total. The molecular formula is C14H16N2O4S. The summed E-state index contributed by atoms with van der Waals surface area (Å²) in [7, 11) is -3.67. The van der Waals surface area contributed by atoms with Crippen LogP contribution in [0.3, 0.4) is 0 Å². The number of aryl methyl sites for hydroxylation is 1. The van der Waals surface area contributed by atoms with Gasteiger partial charge in [-0.25, -0.2) is 17.9 Å². The standard InChI is InChI=1S/C14H16N2O4S/c1-8(2)16-21(19,20)10-4-5-13-11(7-10)12(14(17)18)6-9(3)15-13/h4-8,16H,1-3H3,(H,17,18). The smallest absolute Gasteiger partial charge is 0.336 e. The maximum atomic E-state index is 12.2. The van der Waals surface area contributed by atoms with E-state index < -0.39 is 16.0 Å². The Kier molecular flexibility index (Phi) is 3.97. The molecule has 2 aromatic rings. The van der Waals surface area contributed by atoms with E-state index in [1.165, 1.54) is 24.3 Å². The molecule has 0 aliphatic carbocycles. The van der Waals surface area contributed by atoms with Gasteiger partial charge in [-0.2, -0.15) is 0 Å². The summed E-state index contributed by atoms with van der Waals surface area (Å²) in [6.45, 7) is 5.12. The average Bonchev–Trinajstić information content (AvgIpc) is 2.35. The molecule has 112 valence electrons. The normalized spacial score (nSPS) is 12.0. The highest BCUT2D eigenvalue weighted by molar-refractivity contribution is 7.89. The van der Waals surface area contributed by atoms with Gasteiger partial charge in [-0.05, 0) is 45.0 Å². The fraction of sp³-hybridized carbons (Fsp3) is 0.286. The Morgan fingerprint density at radius 2 is 1.95 bits per heavy atom. The summed E-state index contributed by atoms with van der Waals surface area (Å²) in [4.78, 5) is 15.6. The second-order valence-corrected chi connectivity index (χ2v) is 6.79. The van der Waals surface area contributed by atoms with Crippen LogP contribution in [0.15, 0.2) is 29.2 Å². The molecule has 6 nitrogen and oxygen atoms in total. The van der Waals surface area contributed by atoms with E-state index in [1.54, 1.807) is 20.8 Å². The first-order valence-electron chi connectivity index (χ1n) is 6.38. The summed E-state index contributed by atoms with van der Waals surface area (Å²) in [6.07, 6.45) is 0. The van der Waals surface area contributed by atoms with E-state index in [1.807, 2.05) is 0 Å². The maximum absolute atomic E-state index is 12.2. The zero-order valence-corrected chi connectivity index (χ0v) is 12.7. The van der Waals surface area contributed by atoms with E-state index in [0.717, 1.165) is 0 Å². The molecule has 0 radical (unpaired) electrons. The molecule has 7 heteroatoms.